The zero-order valence-corrected chi connectivity index (χ0v) is 10.3. The van der Waals surface area contributed by atoms with E-state index in [9.17, 15) is 0 Å². The van der Waals surface area contributed by atoms with Gasteiger partial charge in [-0.25, -0.2) is 0 Å². The average Bonchev–Trinajstić information content (AvgIpc) is 2.84. The van der Waals surface area contributed by atoms with Gasteiger partial charge in [0.15, 0.2) is 5.82 Å². The molecule has 1 aliphatic rings. The van der Waals surface area contributed by atoms with Crippen LogP contribution in [0.1, 0.15) is 51.2 Å². The number of aryl methyl sites for hydroxylation is 1. The molecule has 1 aromatic rings. The van der Waals surface area contributed by atoms with Gasteiger partial charge in [-0.3, -0.25) is 0 Å². The molecule has 16 heavy (non-hydrogen) atoms. The Hall–Kier alpha value is -0.900. The van der Waals surface area contributed by atoms with Crippen LogP contribution < -0.4 is 0 Å². The highest BCUT2D eigenvalue weighted by molar-refractivity contribution is 4.97. The van der Waals surface area contributed by atoms with E-state index in [4.69, 9.17) is 9.26 Å². The third-order valence-corrected chi connectivity index (χ3v) is 2.87. The predicted octanol–water partition coefficient (Wildman–Crippen LogP) is 2.55. The lowest BCUT2D eigenvalue weighted by molar-refractivity contribution is 0.192. The lowest BCUT2D eigenvalue weighted by Crippen LogP contribution is -2.06. The molecule has 2 heterocycles. The van der Waals surface area contributed by atoms with E-state index in [0.717, 1.165) is 44.2 Å². The zero-order chi connectivity index (χ0) is 11.6. The third-order valence-electron chi connectivity index (χ3n) is 2.87. The van der Waals surface area contributed by atoms with Crippen LogP contribution in [-0.2, 0) is 11.2 Å². The molecule has 1 fully saturated rings. The maximum Gasteiger partial charge on any atom is 0.226 e. The highest BCUT2D eigenvalue weighted by atomic mass is 16.5. The van der Waals surface area contributed by atoms with Crippen molar-refractivity contribution in [2.24, 2.45) is 5.41 Å². The Morgan fingerprint density at radius 2 is 2.19 bits per heavy atom. The summed E-state index contributed by atoms with van der Waals surface area (Å²) in [6.07, 6.45) is 2.94. The summed E-state index contributed by atoms with van der Waals surface area (Å²) in [5, 5.41) is 4.03. The largest absolute Gasteiger partial charge is 0.381 e. The van der Waals surface area contributed by atoms with Crippen molar-refractivity contribution in [3.63, 3.8) is 0 Å². The van der Waals surface area contributed by atoms with E-state index in [1.807, 2.05) is 0 Å². The molecule has 1 unspecified atom stereocenters. The maximum absolute atomic E-state index is 5.31. The standard InChI is InChI=1S/C12H20N2O2/c1-12(2,3)6-4-10-13-11(14-16-10)9-5-7-15-8-9/h9H,4-8H2,1-3H3. The van der Waals surface area contributed by atoms with E-state index in [2.05, 4.69) is 30.9 Å². The molecule has 0 spiro atoms. The summed E-state index contributed by atoms with van der Waals surface area (Å²) >= 11 is 0. The molecule has 0 aliphatic carbocycles. The highest BCUT2D eigenvalue weighted by Crippen LogP contribution is 2.24. The number of ether oxygens (including phenoxy) is 1. The molecule has 90 valence electrons. The molecule has 0 bridgehead atoms. The SMILES string of the molecule is CC(C)(C)CCc1nc(C2CCOC2)no1. The monoisotopic (exact) mass is 224 g/mol. The van der Waals surface area contributed by atoms with Crippen LogP contribution in [0, 0.1) is 5.41 Å². The van der Waals surface area contributed by atoms with Gasteiger partial charge in [0.2, 0.25) is 5.89 Å². The lowest BCUT2D eigenvalue weighted by Gasteiger charge is -2.15. The summed E-state index contributed by atoms with van der Waals surface area (Å²) in [7, 11) is 0. The summed E-state index contributed by atoms with van der Waals surface area (Å²) in [6.45, 7) is 8.20. The number of nitrogens with zero attached hydrogens (tertiary/aromatic N) is 2. The fraction of sp³-hybridized carbons (Fsp3) is 0.833. The van der Waals surface area contributed by atoms with E-state index >= 15 is 0 Å². The molecule has 0 radical (unpaired) electrons. The minimum atomic E-state index is 0.311. The molecule has 4 nitrogen and oxygen atoms in total. The van der Waals surface area contributed by atoms with E-state index in [1.54, 1.807) is 0 Å². The van der Waals surface area contributed by atoms with Gasteiger partial charge in [0.25, 0.3) is 0 Å². The van der Waals surface area contributed by atoms with Gasteiger partial charge in [-0.1, -0.05) is 25.9 Å². The summed E-state index contributed by atoms with van der Waals surface area (Å²) in [4.78, 5) is 4.44. The Labute approximate surface area is 96.4 Å². The van der Waals surface area contributed by atoms with Crippen LogP contribution in [-0.4, -0.2) is 23.4 Å². The Morgan fingerprint density at radius 1 is 1.38 bits per heavy atom. The molecule has 1 saturated heterocycles. The molecule has 0 N–H and O–H groups in total. The summed E-state index contributed by atoms with van der Waals surface area (Å²) in [5.41, 5.74) is 0.311. The first-order chi connectivity index (χ1) is 7.54. The average molecular weight is 224 g/mol. The summed E-state index contributed by atoms with van der Waals surface area (Å²) in [6, 6.07) is 0. The van der Waals surface area contributed by atoms with Crippen LogP contribution in [0.15, 0.2) is 4.52 Å². The van der Waals surface area contributed by atoms with Crippen molar-refractivity contribution in [3.8, 4) is 0 Å². The van der Waals surface area contributed by atoms with E-state index in [-0.39, 0.29) is 0 Å². The minimum Gasteiger partial charge on any atom is -0.381 e. The smallest absolute Gasteiger partial charge is 0.226 e. The number of hydrogen-bond acceptors (Lipinski definition) is 4. The first-order valence-corrected chi connectivity index (χ1v) is 5.95. The van der Waals surface area contributed by atoms with Crippen molar-refractivity contribution in [1.29, 1.82) is 0 Å². The lowest BCUT2D eigenvalue weighted by atomic mass is 9.91. The van der Waals surface area contributed by atoms with Crippen molar-refractivity contribution < 1.29 is 9.26 Å². The van der Waals surface area contributed by atoms with Gasteiger partial charge in [0.1, 0.15) is 0 Å². The van der Waals surface area contributed by atoms with Crippen LogP contribution in [0.5, 0.6) is 0 Å². The van der Waals surface area contributed by atoms with Gasteiger partial charge >= 0.3 is 0 Å². The van der Waals surface area contributed by atoms with Crippen LogP contribution in [0.2, 0.25) is 0 Å². The number of rotatable bonds is 3. The molecular weight excluding hydrogens is 204 g/mol. The molecule has 4 heteroatoms. The Bertz CT molecular complexity index is 335. The molecule has 1 aliphatic heterocycles. The first-order valence-electron chi connectivity index (χ1n) is 5.95. The van der Waals surface area contributed by atoms with E-state index in [1.165, 1.54) is 0 Å². The third kappa shape index (κ3) is 3.04. The molecule has 0 saturated carbocycles. The topological polar surface area (TPSA) is 48.2 Å². The molecule has 2 rings (SSSR count). The Balaban J connectivity index is 1.91. The molecule has 0 amide bonds. The van der Waals surface area contributed by atoms with Crippen molar-refractivity contribution in [2.75, 3.05) is 13.2 Å². The molecule has 1 aromatic heterocycles. The van der Waals surface area contributed by atoms with Crippen LogP contribution in [0.4, 0.5) is 0 Å². The van der Waals surface area contributed by atoms with Crippen molar-refractivity contribution in [1.82, 2.24) is 10.1 Å². The maximum atomic E-state index is 5.31. The van der Waals surface area contributed by atoms with Crippen molar-refractivity contribution >= 4 is 0 Å². The van der Waals surface area contributed by atoms with Gasteiger partial charge in [-0.2, -0.15) is 4.98 Å². The van der Waals surface area contributed by atoms with Crippen molar-refractivity contribution in [3.05, 3.63) is 11.7 Å². The van der Waals surface area contributed by atoms with E-state index in [0.29, 0.717) is 11.3 Å². The normalized spacial score (nSPS) is 21.6. The summed E-state index contributed by atoms with van der Waals surface area (Å²) in [5.74, 6) is 1.92. The zero-order valence-electron chi connectivity index (χ0n) is 10.3. The minimum absolute atomic E-state index is 0.311. The Kier molecular flexibility index (Phi) is 3.28. The molecule has 0 aromatic carbocycles. The first kappa shape index (κ1) is 11.6. The van der Waals surface area contributed by atoms with Gasteiger partial charge in [0.05, 0.1) is 6.61 Å². The van der Waals surface area contributed by atoms with Crippen LogP contribution in [0.3, 0.4) is 0 Å². The quantitative estimate of drug-likeness (QED) is 0.791. The molecule has 1 atom stereocenters. The number of aromatic nitrogens is 2. The van der Waals surface area contributed by atoms with Crippen molar-refractivity contribution in [2.45, 2.75) is 46.0 Å². The number of hydrogen-bond donors (Lipinski definition) is 0. The van der Waals surface area contributed by atoms with Gasteiger partial charge in [-0.05, 0) is 18.3 Å². The highest BCUT2D eigenvalue weighted by Gasteiger charge is 2.23. The van der Waals surface area contributed by atoms with Gasteiger partial charge in [0, 0.05) is 18.9 Å². The van der Waals surface area contributed by atoms with Crippen LogP contribution >= 0.6 is 0 Å². The van der Waals surface area contributed by atoms with Crippen LogP contribution in [0.25, 0.3) is 0 Å². The Morgan fingerprint density at radius 3 is 2.81 bits per heavy atom. The van der Waals surface area contributed by atoms with Gasteiger partial charge < -0.3 is 9.26 Å². The van der Waals surface area contributed by atoms with E-state index < -0.39 is 0 Å². The van der Waals surface area contributed by atoms with Gasteiger partial charge in [-0.15, -0.1) is 0 Å². The fourth-order valence-corrected chi connectivity index (χ4v) is 1.76. The summed E-state index contributed by atoms with van der Waals surface area (Å²) < 4.78 is 10.6. The predicted molar refractivity (Wildman–Crippen MR) is 60.3 cm³/mol. The second-order valence-electron chi connectivity index (χ2n) is 5.67. The second kappa shape index (κ2) is 4.53. The molecular formula is C12H20N2O2. The second-order valence-corrected chi connectivity index (χ2v) is 5.67. The fourth-order valence-electron chi connectivity index (χ4n) is 1.76.